The van der Waals surface area contributed by atoms with Crippen molar-refractivity contribution in [2.75, 3.05) is 4.90 Å². The van der Waals surface area contributed by atoms with E-state index >= 15 is 0 Å². The number of para-hydroxylation sites is 1. The SMILES string of the molecule is C[C@H](C(=O)N(c1cccc(C(F)(F)F)c1)c1ccccc1C(=O)O)c1ccc(C2CCCCC2)c(Cl)c1. The topological polar surface area (TPSA) is 57.6 Å². The van der Waals surface area contributed by atoms with Crippen molar-refractivity contribution >= 4 is 34.9 Å². The van der Waals surface area contributed by atoms with Crippen molar-refractivity contribution in [2.45, 2.75) is 57.0 Å². The summed E-state index contributed by atoms with van der Waals surface area (Å²) in [5, 5.41) is 10.3. The van der Waals surface area contributed by atoms with Gasteiger partial charge in [-0.3, -0.25) is 9.69 Å². The maximum absolute atomic E-state index is 13.9. The maximum Gasteiger partial charge on any atom is 0.416 e. The molecule has 0 unspecified atom stereocenters. The third-order valence-electron chi connectivity index (χ3n) is 6.97. The van der Waals surface area contributed by atoms with Gasteiger partial charge in [0.05, 0.1) is 22.7 Å². The number of alkyl halides is 3. The van der Waals surface area contributed by atoms with Crippen LogP contribution in [0.3, 0.4) is 0 Å². The summed E-state index contributed by atoms with van der Waals surface area (Å²) >= 11 is 6.64. The number of carbonyl (C=O) groups is 2. The van der Waals surface area contributed by atoms with Crippen LogP contribution in [0.2, 0.25) is 5.02 Å². The van der Waals surface area contributed by atoms with Crippen LogP contribution in [0.15, 0.2) is 66.7 Å². The number of carboxylic acids is 1. The molecule has 1 saturated carbocycles. The highest BCUT2D eigenvalue weighted by molar-refractivity contribution is 6.31. The summed E-state index contributed by atoms with van der Waals surface area (Å²) in [6.07, 6.45) is 0.983. The third kappa shape index (κ3) is 5.82. The van der Waals surface area contributed by atoms with Crippen molar-refractivity contribution in [3.8, 4) is 0 Å². The molecule has 1 aliphatic carbocycles. The van der Waals surface area contributed by atoms with Crippen LogP contribution in [0.25, 0.3) is 0 Å². The molecule has 4 nitrogen and oxygen atoms in total. The highest BCUT2D eigenvalue weighted by Crippen LogP contribution is 2.39. The Morgan fingerprint density at radius 2 is 1.68 bits per heavy atom. The van der Waals surface area contributed by atoms with Crippen LogP contribution in [0.5, 0.6) is 0 Å². The molecule has 194 valence electrons. The molecule has 3 aromatic carbocycles. The fourth-order valence-corrected chi connectivity index (χ4v) is 5.29. The van der Waals surface area contributed by atoms with Crippen LogP contribution < -0.4 is 4.90 Å². The van der Waals surface area contributed by atoms with Crippen LogP contribution in [-0.4, -0.2) is 17.0 Å². The molecular weight excluding hydrogens is 503 g/mol. The quantitative estimate of drug-likeness (QED) is 0.348. The van der Waals surface area contributed by atoms with Gasteiger partial charge in [-0.15, -0.1) is 0 Å². The number of anilines is 2. The number of hydrogen-bond donors (Lipinski definition) is 1. The average Bonchev–Trinajstić information content (AvgIpc) is 2.88. The molecule has 1 fully saturated rings. The minimum Gasteiger partial charge on any atom is -0.478 e. The van der Waals surface area contributed by atoms with E-state index in [1.807, 2.05) is 12.1 Å². The lowest BCUT2D eigenvalue weighted by atomic mass is 9.83. The zero-order chi connectivity index (χ0) is 26.7. The van der Waals surface area contributed by atoms with E-state index in [4.69, 9.17) is 11.6 Å². The summed E-state index contributed by atoms with van der Waals surface area (Å²) < 4.78 is 40.5. The molecule has 1 N–H and O–H groups in total. The Kier molecular flexibility index (Phi) is 7.93. The number of aromatic carboxylic acids is 1. The number of rotatable bonds is 6. The predicted octanol–water partition coefficient (Wildman–Crippen LogP) is 8.57. The van der Waals surface area contributed by atoms with Crippen LogP contribution in [0, 0.1) is 0 Å². The van der Waals surface area contributed by atoms with Gasteiger partial charge in [-0.2, -0.15) is 13.2 Å². The third-order valence-corrected chi connectivity index (χ3v) is 7.29. The summed E-state index contributed by atoms with van der Waals surface area (Å²) in [6, 6.07) is 15.6. The Bertz CT molecular complexity index is 1300. The first-order chi connectivity index (χ1) is 17.6. The zero-order valence-electron chi connectivity index (χ0n) is 20.3. The molecule has 0 aromatic heterocycles. The molecule has 1 amide bonds. The molecule has 0 heterocycles. The second-order valence-electron chi connectivity index (χ2n) is 9.38. The van der Waals surface area contributed by atoms with Crippen molar-refractivity contribution < 1.29 is 27.9 Å². The molecule has 8 heteroatoms. The Morgan fingerprint density at radius 3 is 2.32 bits per heavy atom. The van der Waals surface area contributed by atoms with Crippen LogP contribution in [0.1, 0.15) is 77.9 Å². The lowest BCUT2D eigenvalue weighted by molar-refractivity contribution is -0.137. The number of halogens is 4. The first-order valence-corrected chi connectivity index (χ1v) is 12.6. The standard InChI is InChI=1S/C29H27ClF3NO3/c1-18(20-14-15-23(25(30)16-20)19-8-3-2-4-9-19)27(35)34(26-13-6-5-12-24(26)28(36)37)22-11-7-10-21(17-22)29(31,32)33/h5-7,10-19H,2-4,8-9H2,1H3,(H,36,37)/t18-/m0/s1. The second kappa shape index (κ2) is 11.0. The van der Waals surface area contributed by atoms with Crippen LogP contribution >= 0.6 is 11.6 Å². The van der Waals surface area contributed by atoms with Crippen LogP contribution in [-0.2, 0) is 11.0 Å². The summed E-state index contributed by atoms with van der Waals surface area (Å²) in [5.74, 6) is -2.32. The Morgan fingerprint density at radius 1 is 0.973 bits per heavy atom. The average molecular weight is 530 g/mol. The molecule has 0 radical (unpaired) electrons. The smallest absolute Gasteiger partial charge is 0.416 e. The van der Waals surface area contributed by atoms with Gasteiger partial charge >= 0.3 is 12.1 Å². The van der Waals surface area contributed by atoms with E-state index in [0.717, 1.165) is 48.3 Å². The zero-order valence-corrected chi connectivity index (χ0v) is 21.0. The van der Waals surface area contributed by atoms with E-state index in [1.165, 1.54) is 42.8 Å². The van der Waals surface area contributed by atoms with Crippen molar-refractivity contribution in [2.24, 2.45) is 0 Å². The molecule has 1 aliphatic rings. The molecule has 37 heavy (non-hydrogen) atoms. The normalized spacial score (nSPS) is 15.3. The molecule has 0 aliphatic heterocycles. The molecular formula is C29H27ClF3NO3. The van der Waals surface area contributed by atoms with E-state index in [2.05, 4.69) is 0 Å². The van der Waals surface area contributed by atoms with Crippen molar-refractivity contribution in [1.29, 1.82) is 0 Å². The Labute approximate surface area is 218 Å². The predicted molar refractivity (Wildman–Crippen MR) is 138 cm³/mol. The Balaban J connectivity index is 1.76. The van der Waals surface area contributed by atoms with Gasteiger partial charge in [0.1, 0.15) is 0 Å². The summed E-state index contributed by atoms with van der Waals surface area (Å²) in [6.45, 7) is 1.64. The maximum atomic E-state index is 13.9. The van der Waals surface area contributed by atoms with Crippen molar-refractivity contribution in [1.82, 2.24) is 0 Å². The molecule has 0 bridgehead atoms. The molecule has 0 saturated heterocycles. The van der Waals surface area contributed by atoms with Crippen molar-refractivity contribution in [3.63, 3.8) is 0 Å². The van der Waals surface area contributed by atoms with Gasteiger partial charge in [0.15, 0.2) is 0 Å². The first kappa shape index (κ1) is 26.7. The van der Waals surface area contributed by atoms with Crippen LogP contribution in [0.4, 0.5) is 24.5 Å². The van der Waals surface area contributed by atoms with Gasteiger partial charge in [-0.1, -0.05) is 61.2 Å². The summed E-state index contributed by atoms with van der Waals surface area (Å²) in [7, 11) is 0. The number of carbonyl (C=O) groups excluding carboxylic acids is 1. The molecule has 3 aromatic rings. The fourth-order valence-electron chi connectivity index (χ4n) is 4.95. The number of carboxylic acid groups (broad SMARTS) is 1. The van der Waals surface area contributed by atoms with Gasteiger partial charge in [0.25, 0.3) is 0 Å². The van der Waals surface area contributed by atoms with Gasteiger partial charge in [0.2, 0.25) is 5.91 Å². The van der Waals surface area contributed by atoms with Crippen molar-refractivity contribution in [3.05, 3.63) is 94.0 Å². The fraction of sp³-hybridized carbons (Fsp3) is 0.310. The molecule has 0 spiro atoms. The largest absolute Gasteiger partial charge is 0.478 e. The minimum atomic E-state index is -4.63. The molecule has 4 rings (SSSR count). The highest BCUT2D eigenvalue weighted by atomic mass is 35.5. The summed E-state index contributed by atoms with van der Waals surface area (Å²) in [5.41, 5.74) is 0.394. The summed E-state index contributed by atoms with van der Waals surface area (Å²) in [4.78, 5) is 26.9. The lowest BCUT2D eigenvalue weighted by Gasteiger charge is -2.28. The van der Waals surface area contributed by atoms with E-state index in [9.17, 15) is 27.9 Å². The minimum absolute atomic E-state index is 0.0175. The van der Waals surface area contributed by atoms with E-state index in [1.54, 1.807) is 13.0 Å². The second-order valence-corrected chi connectivity index (χ2v) is 9.79. The number of hydrogen-bond acceptors (Lipinski definition) is 2. The van der Waals surface area contributed by atoms with E-state index < -0.39 is 29.5 Å². The van der Waals surface area contributed by atoms with E-state index in [0.29, 0.717) is 16.5 Å². The van der Waals surface area contributed by atoms with Gasteiger partial charge in [-0.25, -0.2) is 4.79 Å². The van der Waals surface area contributed by atoms with Gasteiger partial charge in [0, 0.05) is 10.7 Å². The first-order valence-electron chi connectivity index (χ1n) is 12.2. The highest BCUT2D eigenvalue weighted by Gasteiger charge is 2.33. The van der Waals surface area contributed by atoms with Gasteiger partial charge < -0.3 is 5.11 Å². The van der Waals surface area contributed by atoms with Gasteiger partial charge in [-0.05, 0) is 73.2 Å². The molecule has 1 atom stereocenters. The number of benzene rings is 3. The lowest BCUT2D eigenvalue weighted by Crippen LogP contribution is -2.31. The Hall–Kier alpha value is -3.32. The monoisotopic (exact) mass is 529 g/mol. The number of nitrogens with zero attached hydrogens (tertiary/aromatic N) is 1. The number of amides is 1. The van der Waals surface area contributed by atoms with E-state index in [-0.39, 0.29) is 16.9 Å².